The largest absolute Gasteiger partial charge is 0.383 e. The second-order valence-electron chi connectivity index (χ2n) is 4.40. The van der Waals surface area contributed by atoms with E-state index in [0.717, 1.165) is 25.1 Å². The Morgan fingerprint density at radius 1 is 1.72 bits per heavy atom. The van der Waals surface area contributed by atoms with Gasteiger partial charge in [0.25, 0.3) is 5.91 Å². The lowest BCUT2D eigenvalue weighted by Gasteiger charge is -2.20. The number of carbonyl (C=O) groups excluding carboxylic acids is 1. The average molecular weight is 253 g/mol. The van der Waals surface area contributed by atoms with E-state index >= 15 is 0 Å². The molecule has 2 atom stereocenters. The molecular weight excluding hydrogens is 237 g/mol. The van der Waals surface area contributed by atoms with Crippen LogP contribution in [0.25, 0.3) is 0 Å². The van der Waals surface area contributed by atoms with Crippen LogP contribution in [0.4, 0.5) is 10.2 Å². The summed E-state index contributed by atoms with van der Waals surface area (Å²) in [6.45, 7) is 2.57. The zero-order valence-corrected chi connectivity index (χ0v) is 10.1. The number of nitrogens with one attached hydrogen (secondary N) is 1. The van der Waals surface area contributed by atoms with Crippen LogP contribution in [-0.4, -0.2) is 29.6 Å². The van der Waals surface area contributed by atoms with Crippen LogP contribution in [0.5, 0.6) is 0 Å². The van der Waals surface area contributed by atoms with Crippen molar-refractivity contribution in [2.45, 2.75) is 31.9 Å². The summed E-state index contributed by atoms with van der Waals surface area (Å²) in [6, 6.07) is 0.947. The maximum Gasteiger partial charge on any atom is 0.255 e. The van der Waals surface area contributed by atoms with E-state index in [0.29, 0.717) is 6.61 Å². The third-order valence-electron chi connectivity index (χ3n) is 3.01. The maximum absolute atomic E-state index is 13.0. The molecule has 1 saturated heterocycles. The van der Waals surface area contributed by atoms with Crippen LogP contribution in [0.1, 0.15) is 30.1 Å². The number of nitrogen functional groups attached to an aromatic ring is 1. The van der Waals surface area contributed by atoms with Gasteiger partial charge in [-0.1, -0.05) is 0 Å². The molecule has 2 heterocycles. The smallest absolute Gasteiger partial charge is 0.255 e. The van der Waals surface area contributed by atoms with Crippen molar-refractivity contribution in [2.24, 2.45) is 0 Å². The third kappa shape index (κ3) is 2.76. The molecule has 98 valence electrons. The number of nitrogens with zero attached hydrogens (tertiary/aromatic N) is 1. The first-order chi connectivity index (χ1) is 8.58. The number of pyridine rings is 1. The van der Waals surface area contributed by atoms with Crippen LogP contribution in [0.15, 0.2) is 12.3 Å². The Labute approximate surface area is 105 Å². The van der Waals surface area contributed by atoms with Crippen molar-refractivity contribution in [3.05, 3.63) is 23.6 Å². The predicted molar refractivity (Wildman–Crippen MR) is 64.5 cm³/mol. The highest BCUT2D eigenvalue weighted by Gasteiger charge is 2.24. The van der Waals surface area contributed by atoms with E-state index in [9.17, 15) is 9.18 Å². The topological polar surface area (TPSA) is 77.2 Å². The van der Waals surface area contributed by atoms with Gasteiger partial charge in [0.15, 0.2) is 0 Å². The number of amides is 1. The Balaban J connectivity index is 2.04. The van der Waals surface area contributed by atoms with Gasteiger partial charge in [0, 0.05) is 6.61 Å². The van der Waals surface area contributed by atoms with Crippen LogP contribution >= 0.6 is 0 Å². The van der Waals surface area contributed by atoms with Gasteiger partial charge < -0.3 is 15.8 Å². The Morgan fingerprint density at radius 2 is 2.50 bits per heavy atom. The lowest BCUT2D eigenvalue weighted by Crippen LogP contribution is -2.41. The van der Waals surface area contributed by atoms with Gasteiger partial charge in [-0.3, -0.25) is 4.79 Å². The van der Waals surface area contributed by atoms with E-state index in [4.69, 9.17) is 10.5 Å². The maximum atomic E-state index is 13.0. The first kappa shape index (κ1) is 12.8. The number of aromatic nitrogens is 1. The Kier molecular flexibility index (Phi) is 3.76. The van der Waals surface area contributed by atoms with E-state index in [1.807, 2.05) is 6.92 Å². The van der Waals surface area contributed by atoms with Crippen molar-refractivity contribution < 1.29 is 13.9 Å². The molecule has 0 bridgehead atoms. The minimum atomic E-state index is -0.584. The summed E-state index contributed by atoms with van der Waals surface area (Å²) >= 11 is 0. The molecule has 1 aromatic rings. The SMILES string of the molecule is CC(NC(=O)c1cc(F)cnc1N)C1CCCO1. The average Bonchev–Trinajstić information content (AvgIpc) is 2.85. The van der Waals surface area contributed by atoms with E-state index < -0.39 is 11.7 Å². The molecule has 1 aromatic heterocycles. The number of nitrogens with two attached hydrogens (primary N) is 1. The van der Waals surface area contributed by atoms with Gasteiger partial charge >= 0.3 is 0 Å². The van der Waals surface area contributed by atoms with Gasteiger partial charge in [0.2, 0.25) is 0 Å². The Bertz CT molecular complexity index is 447. The number of halogens is 1. The van der Waals surface area contributed by atoms with Crippen molar-refractivity contribution in [3.63, 3.8) is 0 Å². The molecule has 0 aliphatic carbocycles. The molecule has 1 aliphatic heterocycles. The highest BCUT2D eigenvalue weighted by Crippen LogP contribution is 2.16. The molecule has 0 spiro atoms. The van der Waals surface area contributed by atoms with Gasteiger partial charge in [-0.15, -0.1) is 0 Å². The van der Waals surface area contributed by atoms with Crippen LogP contribution in [-0.2, 0) is 4.74 Å². The third-order valence-corrected chi connectivity index (χ3v) is 3.01. The summed E-state index contributed by atoms with van der Waals surface area (Å²) in [7, 11) is 0. The van der Waals surface area contributed by atoms with Crippen molar-refractivity contribution in [3.8, 4) is 0 Å². The van der Waals surface area contributed by atoms with Gasteiger partial charge in [-0.2, -0.15) is 0 Å². The number of hydrogen-bond acceptors (Lipinski definition) is 4. The van der Waals surface area contributed by atoms with Gasteiger partial charge in [0.05, 0.1) is 23.9 Å². The number of carbonyl (C=O) groups is 1. The Morgan fingerprint density at radius 3 is 3.17 bits per heavy atom. The number of hydrogen-bond donors (Lipinski definition) is 2. The quantitative estimate of drug-likeness (QED) is 0.845. The van der Waals surface area contributed by atoms with E-state index in [2.05, 4.69) is 10.3 Å². The molecule has 0 aromatic carbocycles. The summed E-state index contributed by atoms with van der Waals surface area (Å²) in [5.41, 5.74) is 5.61. The highest BCUT2D eigenvalue weighted by atomic mass is 19.1. The molecule has 0 radical (unpaired) electrons. The zero-order valence-electron chi connectivity index (χ0n) is 10.1. The Hall–Kier alpha value is -1.69. The summed E-state index contributed by atoms with van der Waals surface area (Å²) in [5, 5.41) is 2.76. The first-order valence-electron chi connectivity index (χ1n) is 5.91. The standard InChI is InChI=1S/C12H16FN3O2/c1-7(10-3-2-4-18-10)16-12(17)9-5-8(13)6-15-11(9)14/h5-7,10H,2-4H2,1H3,(H2,14,15)(H,16,17). The molecule has 18 heavy (non-hydrogen) atoms. The number of rotatable bonds is 3. The molecule has 1 amide bonds. The molecule has 5 nitrogen and oxygen atoms in total. The highest BCUT2D eigenvalue weighted by molar-refractivity contribution is 5.98. The molecule has 2 unspecified atom stereocenters. The lowest BCUT2D eigenvalue weighted by atomic mass is 10.1. The normalized spacial score (nSPS) is 20.7. The molecule has 3 N–H and O–H groups in total. The van der Waals surface area contributed by atoms with E-state index in [1.165, 1.54) is 0 Å². The van der Waals surface area contributed by atoms with E-state index in [1.54, 1.807) is 0 Å². The fourth-order valence-corrected chi connectivity index (χ4v) is 2.01. The summed E-state index contributed by atoms with van der Waals surface area (Å²) in [5.74, 6) is -0.991. The van der Waals surface area contributed by atoms with Crippen LogP contribution in [0.3, 0.4) is 0 Å². The summed E-state index contributed by atoms with van der Waals surface area (Å²) in [6.07, 6.45) is 2.90. The molecule has 1 fully saturated rings. The fraction of sp³-hybridized carbons (Fsp3) is 0.500. The van der Waals surface area contributed by atoms with Gasteiger partial charge in [-0.05, 0) is 25.8 Å². The monoisotopic (exact) mass is 253 g/mol. The zero-order chi connectivity index (χ0) is 13.1. The van der Waals surface area contributed by atoms with Crippen molar-refractivity contribution >= 4 is 11.7 Å². The van der Waals surface area contributed by atoms with Gasteiger partial charge in [-0.25, -0.2) is 9.37 Å². The summed E-state index contributed by atoms with van der Waals surface area (Å²) in [4.78, 5) is 15.5. The van der Waals surface area contributed by atoms with Crippen LogP contribution < -0.4 is 11.1 Å². The molecular formula is C12H16FN3O2. The van der Waals surface area contributed by atoms with Crippen LogP contribution in [0, 0.1) is 5.82 Å². The second-order valence-corrected chi connectivity index (χ2v) is 4.40. The fourth-order valence-electron chi connectivity index (χ4n) is 2.01. The minimum Gasteiger partial charge on any atom is -0.383 e. The molecule has 6 heteroatoms. The van der Waals surface area contributed by atoms with Crippen molar-refractivity contribution in [1.82, 2.24) is 10.3 Å². The first-order valence-corrected chi connectivity index (χ1v) is 5.91. The molecule has 1 aliphatic rings. The minimum absolute atomic E-state index is 0.0108. The van der Waals surface area contributed by atoms with Gasteiger partial charge in [0.1, 0.15) is 11.6 Å². The lowest BCUT2D eigenvalue weighted by molar-refractivity contribution is 0.0712. The summed E-state index contributed by atoms with van der Waals surface area (Å²) < 4.78 is 18.5. The second kappa shape index (κ2) is 5.30. The molecule has 2 rings (SSSR count). The van der Waals surface area contributed by atoms with E-state index in [-0.39, 0.29) is 23.5 Å². The number of ether oxygens (including phenoxy) is 1. The predicted octanol–water partition coefficient (Wildman–Crippen LogP) is 1.10. The van der Waals surface area contributed by atoms with Crippen LogP contribution in [0.2, 0.25) is 0 Å². The molecule has 0 saturated carbocycles. The van der Waals surface area contributed by atoms with Crippen molar-refractivity contribution in [1.29, 1.82) is 0 Å². The van der Waals surface area contributed by atoms with Crippen molar-refractivity contribution in [2.75, 3.05) is 12.3 Å². The number of anilines is 1.